The molecule has 0 bridgehead atoms. The summed E-state index contributed by atoms with van der Waals surface area (Å²) in [4.78, 5) is 24.1. The number of carbonyl (C=O) groups is 2. The van der Waals surface area contributed by atoms with Crippen molar-refractivity contribution in [3.63, 3.8) is 0 Å². The Labute approximate surface area is 191 Å². The molecule has 0 radical (unpaired) electrons. The standard InChI is InChI=1S/C21H22O13/c1-7(22)15-10(24)4-9(23)5-13(15)33-21-19(30)18(29)17(28)14(34-21)6-32-20(31)8-2-11(25)16(27)12(26)3-8/h2-5,14,17-19,21,23-30H,6H2,1H3/t14-,17-,18+,19-,21+/m1/s1. The van der Waals surface area contributed by atoms with Gasteiger partial charge in [0.05, 0.1) is 5.56 Å². The second kappa shape index (κ2) is 9.61. The van der Waals surface area contributed by atoms with Crippen LogP contribution in [-0.4, -0.2) is 89.9 Å². The fourth-order valence-corrected chi connectivity index (χ4v) is 3.27. The smallest absolute Gasteiger partial charge is 0.338 e. The SMILES string of the molecule is CC(=O)c1c(O)cc(O)cc1O[C@H]1O[C@H](COC(=O)c2cc(O)c(O)c(O)c2)[C@@H](O)[C@H](O)[C@H]1O. The van der Waals surface area contributed by atoms with Crippen LogP contribution in [-0.2, 0) is 9.47 Å². The van der Waals surface area contributed by atoms with Gasteiger partial charge in [0.1, 0.15) is 53.8 Å². The van der Waals surface area contributed by atoms with E-state index in [9.17, 15) is 50.4 Å². The highest BCUT2D eigenvalue weighted by molar-refractivity contribution is 5.99. The molecule has 3 rings (SSSR count). The molecule has 2 aromatic carbocycles. The second-order valence-corrected chi connectivity index (χ2v) is 7.49. The summed E-state index contributed by atoms with van der Waals surface area (Å²) >= 11 is 0. The predicted molar refractivity (Wildman–Crippen MR) is 109 cm³/mol. The minimum absolute atomic E-state index is 0.343. The van der Waals surface area contributed by atoms with E-state index in [0.717, 1.165) is 31.2 Å². The van der Waals surface area contributed by atoms with Gasteiger partial charge in [-0.15, -0.1) is 0 Å². The van der Waals surface area contributed by atoms with Crippen molar-refractivity contribution in [2.75, 3.05) is 6.61 Å². The molecule has 5 atom stereocenters. The van der Waals surface area contributed by atoms with Gasteiger partial charge >= 0.3 is 5.97 Å². The van der Waals surface area contributed by atoms with Gasteiger partial charge in [0.15, 0.2) is 23.0 Å². The topological polar surface area (TPSA) is 224 Å². The number of aliphatic hydroxyl groups is 3. The molecule has 8 N–H and O–H groups in total. The van der Waals surface area contributed by atoms with Crippen LogP contribution < -0.4 is 4.74 Å². The Kier molecular flexibility index (Phi) is 7.02. The Morgan fingerprint density at radius 2 is 1.50 bits per heavy atom. The average Bonchev–Trinajstić information content (AvgIpc) is 2.75. The van der Waals surface area contributed by atoms with Crippen molar-refractivity contribution in [3.05, 3.63) is 35.4 Å². The molecule has 0 aliphatic carbocycles. The zero-order chi connectivity index (χ0) is 25.3. The molecule has 1 saturated heterocycles. The van der Waals surface area contributed by atoms with E-state index >= 15 is 0 Å². The van der Waals surface area contributed by atoms with Crippen LogP contribution in [0.1, 0.15) is 27.6 Å². The third kappa shape index (κ3) is 4.92. The monoisotopic (exact) mass is 482 g/mol. The lowest BCUT2D eigenvalue weighted by Gasteiger charge is -2.40. The van der Waals surface area contributed by atoms with Gasteiger partial charge in [-0.3, -0.25) is 4.79 Å². The number of aromatic hydroxyl groups is 5. The van der Waals surface area contributed by atoms with Gasteiger partial charge in [-0.25, -0.2) is 4.79 Å². The van der Waals surface area contributed by atoms with E-state index in [0.29, 0.717) is 0 Å². The molecule has 0 aromatic heterocycles. The molecule has 0 amide bonds. The summed E-state index contributed by atoms with van der Waals surface area (Å²) < 4.78 is 15.7. The molecule has 0 spiro atoms. The Morgan fingerprint density at radius 3 is 2.09 bits per heavy atom. The molecule has 1 fully saturated rings. The van der Waals surface area contributed by atoms with Crippen LogP contribution in [0.5, 0.6) is 34.5 Å². The van der Waals surface area contributed by atoms with Crippen molar-refractivity contribution < 1.29 is 64.7 Å². The number of benzene rings is 2. The molecule has 0 saturated carbocycles. The number of hydrogen-bond acceptors (Lipinski definition) is 13. The number of hydrogen-bond donors (Lipinski definition) is 8. The van der Waals surface area contributed by atoms with Crippen molar-refractivity contribution in [3.8, 4) is 34.5 Å². The number of phenols is 5. The minimum atomic E-state index is -1.85. The van der Waals surface area contributed by atoms with Gasteiger partial charge in [-0.2, -0.15) is 0 Å². The highest BCUT2D eigenvalue weighted by atomic mass is 16.7. The zero-order valence-electron chi connectivity index (χ0n) is 17.5. The Balaban J connectivity index is 1.77. The van der Waals surface area contributed by atoms with E-state index in [1.54, 1.807) is 0 Å². The summed E-state index contributed by atoms with van der Waals surface area (Å²) in [5, 5.41) is 78.6. The van der Waals surface area contributed by atoms with Crippen LogP contribution in [0.4, 0.5) is 0 Å². The minimum Gasteiger partial charge on any atom is -0.508 e. The van der Waals surface area contributed by atoms with Gasteiger partial charge in [0.25, 0.3) is 0 Å². The first-order chi connectivity index (χ1) is 15.9. The van der Waals surface area contributed by atoms with Crippen LogP contribution in [0, 0.1) is 0 Å². The van der Waals surface area contributed by atoms with Gasteiger partial charge < -0.3 is 55.1 Å². The van der Waals surface area contributed by atoms with Crippen molar-refractivity contribution >= 4 is 11.8 Å². The molecule has 2 aromatic rings. The highest BCUT2D eigenvalue weighted by Crippen LogP contribution is 2.37. The van der Waals surface area contributed by atoms with Gasteiger partial charge in [0, 0.05) is 12.1 Å². The Hall–Kier alpha value is -3.78. The molecule has 34 heavy (non-hydrogen) atoms. The van der Waals surface area contributed by atoms with Crippen LogP contribution >= 0.6 is 0 Å². The third-order valence-electron chi connectivity index (χ3n) is 5.01. The number of aliphatic hydroxyl groups excluding tert-OH is 3. The first-order valence-corrected chi connectivity index (χ1v) is 9.76. The molecule has 1 aliphatic heterocycles. The summed E-state index contributed by atoms with van der Waals surface area (Å²) in [6, 6.07) is 3.49. The number of Topliss-reactive ketones (excluding diaryl/α,β-unsaturated/α-hetero) is 1. The first kappa shape index (κ1) is 24.9. The molecule has 0 unspecified atom stereocenters. The number of phenolic OH excluding ortho intramolecular Hbond substituents is 5. The van der Waals surface area contributed by atoms with Gasteiger partial charge in [0.2, 0.25) is 6.29 Å². The van der Waals surface area contributed by atoms with Crippen molar-refractivity contribution in [2.24, 2.45) is 0 Å². The summed E-state index contributed by atoms with van der Waals surface area (Å²) in [5.74, 6) is -5.65. The maximum absolute atomic E-state index is 12.2. The third-order valence-corrected chi connectivity index (χ3v) is 5.01. The largest absolute Gasteiger partial charge is 0.508 e. The van der Waals surface area contributed by atoms with Crippen molar-refractivity contribution in [2.45, 2.75) is 37.6 Å². The van der Waals surface area contributed by atoms with Crippen LogP contribution in [0.3, 0.4) is 0 Å². The zero-order valence-corrected chi connectivity index (χ0v) is 17.5. The van der Waals surface area contributed by atoms with E-state index in [2.05, 4.69) is 0 Å². The van der Waals surface area contributed by atoms with E-state index in [1.165, 1.54) is 0 Å². The average molecular weight is 482 g/mol. The number of esters is 1. The Morgan fingerprint density at radius 1 is 0.882 bits per heavy atom. The fraction of sp³-hybridized carbons (Fsp3) is 0.333. The lowest BCUT2D eigenvalue weighted by Crippen LogP contribution is -2.60. The van der Waals surface area contributed by atoms with Crippen molar-refractivity contribution in [1.82, 2.24) is 0 Å². The second-order valence-electron chi connectivity index (χ2n) is 7.49. The highest BCUT2D eigenvalue weighted by Gasteiger charge is 2.46. The number of ether oxygens (including phenoxy) is 3. The normalized spacial score (nSPS) is 24.4. The van der Waals surface area contributed by atoms with E-state index in [-0.39, 0.29) is 16.9 Å². The molecule has 13 heteroatoms. The summed E-state index contributed by atoms with van der Waals surface area (Å²) in [7, 11) is 0. The van der Waals surface area contributed by atoms with E-state index in [4.69, 9.17) is 14.2 Å². The van der Waals surface area contributed by atoms with Crippen molar-refractivity contribution in [1.29, 1.82) is 0 Å². The maximum atomic E-state index is 12.2. The van der Waals surface area contributed by atoms with E-state index in [1.807, 2.05) is 0 Å². The maximum Gasteiger partial charge on any atom is 0.338 e. The van der Waals surface area contributed by atoms with Crippen LogP contribution in [0.15, 0.2) is 24.3 Å². The first-order valence-electron chi connectivity index (χ1n) is 9.76. The number of ketones is 1. The van der Waals surface area contributed by atoms with Gasteiger partial charge in [-0.05, 0) is 19.1 Å². The molecule has 13 nitrogen and oxygen atoms in total. The lowest BCUT2D eigenvalue weighted by atomic mass is 9.99. The summed E-state index contributed by atoms with van der Waals surface area (Å²) in [6.07, 6.45) is -8.65. The quantitative estimate of drug-likeness (QED) is 0.147. The molecule has 1 aliphatic rings. The number of carbonyl (C=O) groups excluding carboxylic acids is 2. The Bertz CT molecular complexity index is 1080. The van der Waals surface area contributed by atoms with Gasteiger partial charge in [-0.1, -0.05) is 0 Å². The summed E-state index contributed by atoms with van der Waals surface area (Å²) in [5.41, 5.74) is -0.697. The number of rotatable bonds is 6. The molecule has 184 valence electrons. The molecule has 1 heterocycles. The predicted octanol–water partition coefficient (Wildman–Crippen LogP) is -0.539. The van der Waals surface area contributed by atoms with Crippen LogP contribution in [0.2, 0.25) is 0 Å². The summed E-state index contributed by atoms with van der Waals surface area (Å²) in [6.45, 7) is 0.410. The fourth-order valence-electron chi connectivity index (χ4n) is 3.27. The van der Waals surface area contributed by atoms with E-state index < -0.39 is 77.8 Å². The molecular weight excluding hydrogens is 460 g/mol. The molecular formula is C21H22O13. The lowest BCUT2D eigenvalue weighted by molar-refractivity contribution is -0.277. The van der Waals surface area contributed by atoms with Crippen LogP contribution in [0.25, 0.3) is 0 Å².